The summed E-state index contributed by atoms with van der Waals surface area (Å²) in [7, 11) is 0. The summed E-state index contributed by atoms with van der Waals surface area (Å²) in [6.07, 6.45) is 1.75. The zero-order valence-corrected chi connectivity index (χ0v) is 9.87. The molecule has 0 spiro atoms. The van der Waals surface area contributed by atoms with Crippen molar-refractivity contribution in [1.82, 2.24) is 10.1 Å². The molecular weight excluding hydrogens is 226 g/mol. The lowest BCUT2D eigenvalue weighted by Crippen LogP contribution is -2.28. The van der Waals surface area contributed by atoms with Crippen molar-refractivity contribution in [3.05, 3.63) is 54.2 Å². The summed E-state index contributed by atoms with van der Waals surface area (Å²) in [4.78, 5) is 4.01. The van der Waals surface area contributed by atoms with Gasteiger partial charge in [-0.2, -0.15) is 0 Å². The highest BCUT2D eigenvalue weighted by Gasteiger charge is 2.10. The lowest BCUT2D eigenvalue weighted by Gasteiger charge is -2.05. The molecule has 0 saturated heterocycles. The van der Waals surface area contributed by atoms with E-state index in [2.05, 4.69) is 10.1 Å². The summed E-state index contributed by atoms with van der Waals surface area (Å²) >= 11 is 0. The van der Waals surface area contributed by atoms with E-state index in [-0.39, 0.29) is 5.88 Å². The number of hydrogen-bond acceptors (Lipinski definition) is 3. The number of aromatic nitrogens is 3. The van der Waals surface area contributed by atoms with Crippen LogP contribution in [-0.2, 0) is 0 Å². The molecule has 0 aliphatic carbocycles. The van der Waals surface area contributed by atoms with E-state index >= 15 is 0 Å². The van der Waals surface area contributed by atoms with Gasteiger partial charge in [0.2, 0.25) is 17.5 Å². The summed E-state index contributed by atoms with van der Waals surface area (Å²) in [6, 6.07) is 13.1. The van der Waals surface area contributed by atoms with Gasteiger partial charge in [-0.3, -0.25) is 0 Å². The number of rotatable bonds is 1. The zero-order chi connectivity index (χ0) is 12.5. The van der Waals surface area contributed by atoms with E-state index in [1.807, 2.05) is 37.3 Å². The molecule has 0 aliphatic rings. The van der Waals surface area contributed by atoms with Gasteiger partial charge in [0, 0.05) is 22.8 Å². The third-order valence-electron chi connectivity index (χ3n) is 2.78. The average Bonchev–Trinajstić information content (AvgIpc) is 2.39. The first kappa shape index (κ1) is 10.7. The molecule has 18 heavy (non-hydrogen) atoms. The highest BCUT2D eigenvalue weighted by Crippen LogP contribution is 2.16. The molecule has 0 amide bonds. The molecule has 2 aromatic heterocycles. The molecule has 4 nitrogen and oxygen atoms in total. The first-order valence-corrected chi connectivity index (χ1v) is 5.67. The lowest BCUT2D eigenvalue weighted by molar-refractivity contribution is -0.583. The minimum Gasteiger partial charge on any atom is -0.854 e. The van der Waals surface area contributed by atoms with Crippen LogP contribution in [0.2, 0.25) is 0 Å². The van der Waals surface area contributed by atoms with Crippen LogP contribution in [0, 0.1) is 6.92 Å². The van der Waals surface area contributed by atoms with Crippen molar-refractivity contribution in [1.29, 1.82) is 0 Å². The molecular formula is C14H11N3O. The van der Waals surface area contributed by atoms with Gasteiger partial charge in [0.25, 0.3) is 0 Å². The summed E-state index contributed by atoms with van der Waals surface area (Å²) in [5.41, 5.74) is 2.49. The Morgan fingerprint density at radius 2 is 1.83 bits per heavy atom. The topological polar surface area (TPSA) is 52.9 Å². The number of nitrogens with zero attached hydrogens (tertiary/aromatic N) is 3. The number of fused-ring (bicyclic) bond motifs is 1. The number of pyridine rings is 1. The smallest absolute Gasteiger partial charge is 0.248 e. The number of hydrogen-bond donors (Lipinski definition) is 0. The van der Waals surface area contributed by atoms with Crippen LogP contribution in [-0.4, -0.2) is 10.1 Å². The molecule has 0 atom stereocenters. The minimum atomic E-state index is -0.263. The Bertz CT molecular complexity index is 708. The van der Waals surface area contributed by atoms with Crippen LogP contribution in [0.3, 0.4) is 0 Å². The summed E-state index contributed by atoms with van der Waals surface area (Å²) < 4.78 is 1.56. The van der Waals surface area contributed by atoms with Crippen molar-refractivity contribution in [3.63, 3.8) is 0 Å². The van der Waals surface area contributed by atoms with Gasteiger partial charge in [-0.1, -0.05) is 29.8 Å². The molecule has 3 rings (SSSR count). The predicted octanol–water partition coefficient (Wildman–Crippen LogP) is 1.26. The largest absolute Gasteiger partial charge is 0.854 e. The van der Waals surface area contributed by atoms with E-state index in [9.17, 15) is 5.11 Å². The minimum absolute atomic E-state index is 0.263. The van der Waals surface area contributed by atoms with Crippen LogP contribution in [0.15, 0.2) is 48.7 Å². The van der Waals surface area contributed by atoms with Crippen LogP contribution < -0.4 is 9.62 Å². The predicted molar refractivity (Wildman–Crippen MR) is 64.8 cm³/mol. The fraction of sp³-hybridized carbons (Fsp3) is 0.0714. The highest BCUT2D eigenvalue weighted by molar-refractivity contribution is 5.57. The van der Waals surface area contributed by atoms with Crippen LogP contribution in [0.5, 0.6) is 5.88 Å². The molecule has 0 unspecified atom stereocenters. The van der Waals surface area contributed by atoms with E-state index in [4.69, 9.17) is 0 Å². The monoisotopic (exact) mass is 237 g/mol. The van der Waals surface area contributed by atoms with Crippen molar-refractivity contribution < 1.29 is 9.62 Å². The molecule has 88 valence electrons. The van der Waals surface area contributed by atoms with Crippen LogP contribution in [0.1, 0.15) is 5.56 Å². The van der Waals surface area contributed by atoms with Crippen molar-refractivity contribution in [2.75, 3.05) is 0 Å². The molecule has 0 radical (unpaired) electrons. The summed E-state index contributed by atoms with van der Waals surface area (Å²) in [5, 5.41) is 16.2. The Labute approximate surface area is 104 Å². The van der Waals surface area contributed by atoms with Crippen LogP contribution in [0.25, 0.3) is 16.9 Å². The van der Waals surface area contributed by atoms with Gasteiger partial charge in [-0.15, -0.1) is 0 Å². The van der Waals surface area contributed by atoms with Crippen molar-refractivity contribution >= 4 is 5.52 Å². The van der Waals surface area contributed by atoms with Gasteiger partial charge in [0.15, 0.2) is 0 Å². The normalized spacial score (nSPS) is 10.7. The van der Waals surface area contributed by atoms with E-state index in [1.54, 1.807) is 22.8 Å². The first-order chi connectivity index (χ1) is 8.74. The molecule has 0 N–H and O–H groups in total. The molecule has 0 aliphatic heterocycles. The Kier molecular flexibility index (Phi) is 2.41. The maximum atomic E-state index is 11.9. The van der Waals surface area contributed by atoms with Gasteiger partial charge in [0.1, 0.15) is 0 Å². The van der Waals surface area contributed by atoms with E-state index < -0.39 is 0 Å². The molecule has 0 bridgehead atoms. The maximum Gasteiger partial charge on any atom is 0.248 e. The maximum absolute atomic E-state index is 11.9. The molecule has 4 heteroatoms. The second-order valence-electron chi connectivity index (χ2n) is 4.14. The van der Waals surface area contributed by atoms with E-state index in [1.165, 1.54) is 0 Å². The fourth-order valence-corrected chi connectivity index (χ4v) is 1.79. The Balaban J connectivity index is 2.21. The Morgan fingerprint density at radius 3 is 2.61 bits per heavy atom. The fourth-order valence-electron chi connectivity index (χ4n) is 1.79. The molecule has 3 aromatic rings. The van der Waals surface area contributed by atoms with Crippen molar-refractivity contribution in [2.24, 2.45) is 0 Å². The van der Waals surface area contributed by atoms with E-state index in [0.717, 1.165) is 11.1 Å². The Hall–Kier alpha value is -2.49. The van der Waals surface area contributed by atoms with Gasteiger partial charge in [-0.05, 0) is 17.5 Å². The van der Waals surface area contributed by atoms with Gasteiger partial charge in [-0.25, -0.2) is 4.98 Å². The molecule has 1 aromatic carbocycles. The molecule has 2 heterocycles. The lowest BCUT2D eigenvalue weighted by atomic mass is 10.1. The second-order valence-corrected chi connectivity index (χ2v) is 4.14. The van der Waals surface area contributed by atoms with Gasteiger partial charge < -0.3 is 5.11 Å². The third kappa shape index (κ3) is 1.78. The van der Waals surface area contributed by atoms with Gasteiger partial charge in [0.05, 0.1) is 5.88 Å². The van der Waals surface area contributed by atoms with Crippen LogP contribution in [0.4, 0.5) is 0 Å². The molecule has 0 fully saturated rings. The van der Waals surface area contributed by atoms with E-state index in [0.29, 0.717) is 11.3 Å². The SMILES string of the molecule is Cc1ccc(-c2nc([O-])c3cccc[n+]3n2)cc1. The van der Waals surface area contributed by atoms with Crippen molar-refractivity contribution in [2.45, 2.75) is 6.92 Å². The molecule has 0 saturated carbocycles. The summed E-state index contributed by atoms with van der Waals surface area (Å²) in [5.74, 6) is 0.185. The standard InChI is InChI=1S/C14H11N3O/c1-10-5-7-11(8-6-10)13-15-14(18)12-4-2-3-9-17(12)16-13/h2-9H,1H3. The number of benzene rings is 1. The average molecular weight is 237 g/mol. The highest BCUT2D eigenvalue weighted by atomic mass is 16.3. The second kappa shape index (κ2) is 4.07. The van der Waals surface area contributed by atoms with Crippen LogP contribution >= 0.6 is 0 Å². The first-order valence-electron chi connectivity index (χ1n) is 5.67. The third-order valence-corrected chi connectivity index (χ3v) is 2.78. The van der Waals surface area contributed by atoms with Crippen molar-refractivity contribution in [3.8, 4) is 17.3 Å². The zero-order valence-electron chi connectivity index (χ0n) is 9.87. The van der Waals surface area contributed by atoms with Gasteiger partial charge >= 0.3 is 0 Å². The summed E-state index contributed by atoms with van der Waals surface area (Å²) in [6.45, 7) is 2.01. The Morgan fingerprint density at radius 1 is 1.06 bits per heavy atom. The quantitative estimate of drug-likeness (QED) is 0.599. The number of aryl methyl sites for hydroxylation is 1.